The Morgan fingerprint density at radius 2 is 1.73 bits per heavy atom. The molecule has 0 N–H and O–H groups in total. The van der Waals surface area contributed by atoms with Gasteiger partial charge in [-0.2, -0.15) is 0 Å². The Morgan fingerprint density at radius 1 is 1.09 bits per heavy atom. The van der Waals surface area contributed by atoms with E-state index in [0.29, 0.717) is 0 Å². The maximum atomic E-state index is 2.44. The minimum atomic E-state index is 0.914. The summed E-state index contributed by atoms with van der Waals surface area (Å²) in [4.78, 5) is 0. The highest BCUT2D eigenvalue weighted by Gasteiger charge is 2.07. The lowest BCUT2D eigenvalue weighted by Gasteiger charge is -2.06. The van der Waals surface area contributed by atoms with Crippen LogP contribution in [0.15, 0.2) is 12.2 Å². The maximum absolute atomic E-state index is 2.44. The smallest absolute Gasteiger partial charge is 0.0234 e. The molecule has 0 heteroatoms. The van der Waals surface area contributed by atoms with Crippen molar-refractivity contribution in [2.24, 2.45) is 5.92 Å². The van der Waals surface area contributed by atoms with E-state index in [2.05, 4.69) is 19.1 Å². The first kappa shape index (κ1) is 8.83. The molecule has 1 aliphatic carbocycles. The molecular weight excluding hydrogens is 132 g/mol. The predicted octanol–water partition coefficient (Wildman–Crippen LogP) is 3.92. The van der Waals surface area contributed by atoms with Crippen LogP contribution in [0, 0.1) is 5.92 Å². The van der Waals surface area contributed by atoms with Gasteiger partial charge < -0.3 is 0 Å². The molecule has 0 aliphatic heterocycles. The first-order valence-corrected chi connectivity index (χ1v) is 5.10. The van der Waals surface area contributed by atoms with Crippen LogP contribution in [0.2, 0.25) is 0 Å². The lowest BCUT2D eigenvalue weighted by molar-refractivity contribution is 0.558. The van der Waals surface area contributed by atoms with E-state index in [9.17, 15) is 0 Å². The summed E-state index contributed by atoms with van der Waals surface area (Å²) < 4.78 is 0. The summed E-state index contributed by atoms with van der Waals surface area (Å²) >= 11 is 0. The summed E-state index contributed by atoms with van der Waals surface area (Å²) in [6, 6.07) is 0. The van der Waals surface area contributed by atoms with Crippen molar-refractivity contribution < 1.29 is 0 Å². The minimum absolute atomic E-state index is 0.914. The Kier molecular flexibility index (Phi) is 4.33. The zero-order chi connectivity index (χ0) is 7.94. The first-order valence-electron chi connectivity index (χ1n) is 5.10. The number of hydrogen-bond donors (Lipinski definition) is 0. The van der Waals surface area contributed by atoms with Crippen LogP contribution in [0.25, 0.3) is 0 Å². The van der Waals surface area contributed by atoms with Crippen molar-refractivity contribution in [3.63, 3.8) is 0 Å². The van der Waals surface area contributed by atoms with Gasteiger partial charge in [-0.15, -0.1) is 0 Å². The van der Waals surface area contributed by atoms with Gasteiger partial charge in [0.15, 0.2) is 0 Å². The molecule has 0 aromatic rings. The summed E-state index contributed by atoms with van der Waals surface area (Å²) in [7, 11) is 0. The number of allylic oxidation sites excluding steroid dienone is 2. The Balaban J connectivity index is 2.25. The fraction of sp³-hybridized carbons (Fsp3) is 0.818. The van der Waals surface area contributed by atoms with Gasteiger partial charge in [0, 0.05) is 0 Å². The molecule has 1 rings (SSSR count). The minimum Gasteiger partial charge on any atom is -0.0885 e. The zero-order valence-corrected chi connectivity index (χ0v) is 7.68. The van der Waals surface area contributed by atoms with Crippen molar-refractivity contribution in [3.05, 3.63) is 12.2 Å². The summed E-state index contributed by atoms with van der Waals surface area (Å²) in [6.07, 6.45) is 14.7. The average molecular weight is 152 g/mol. The SMILES string of the molecule is CCC=CC1CCCCCC1. The largest absolute Gasteiger partial charge is 0.0885 e. The second-order valence-electron chi connectivity index (χ2n) is 3.59. The highest BCUT2D eigenvalue weighted by atomic mass is 14.1. The molecule has 0 nitrogen and oxygen atoms in total. The highest BCUT2D eigenvalue weighted by Crippen LogP contribution is 2.23. The van der Waals surface area contributed by atoms with Gasteiger partial charge >= 0.3 is 0 Å². The summed E-state index contributed by atoms with van der Waals surface area (Å²) in [6.45, 7) is 2.22. The fourth-order valence-corrected chi connectivity index (χ4v) is 1.83. The summed E-state index contributed by atoms with van der Waals surface area (Å²) in [5, 5.41) is 0. The zero-order valence-electron chi connectivity index (χ0n) is 7.68. The van der Waals surface area contributed by atoms with Crippen LogP contribution < -0.4 is 0 Å². The molecule has 0 radical (unpaired) electrons. The molecule has 1 aliphatic rings. The molecule has 1 fully saturated rings. The van der Waals surface area contributed by atoms with Crippen LogP contribution in [-0.2, 0) is 0 Å². The standard InChI is InChI=1S/C11H20/c1-2-3-8-11-9-6-4-5-7-10-11/h3,8,11H,2,4-7,9-10H2,1H3. The molecule has 0 heterocycles. The van der Waals surface area contributed by atoms with Gasteiger partial charge in [-0.3, -0.25) is 0 Å². The normalized spacial score (nSPS) is 22.3. The molecule has 1 saturated carbocycles. The van der Waals surface area contributed by atoms with Crippen molar-refractivity contribution in [2.75, 3.05) is 0 Å². The van der Waals surface area contributed by atoms with Crippen molar-refractivity contribution in [1.29, 1.82) is 0 Å². The van der Waals surface area contributed by atoms with E-state index in [1.165, 1.54) is 44.9 Å². The monoisotopic (exact) mass is 152 g/mol. The lowest BCUT2D eigenvalue weighted by Crippen LogP contribution is -1.92. The predicted molar refractivity (Wildman–Crippen MR) is 50.6 cm³/mol. The molecule has 0 aromatic heterocycles. The van der Waals surface area contributed by atoms with Gasteiger partial charge in [-0.05, 0) is 25.2 Å². The molecule has 0 spiro atoms. The second kappa shape index (κ2) is 5.40. The van der Waals surface area contributed by atoms with E-state index in [1.54, 1.807) is 0 Å². The van der Waals surface area contributed by atoms with E-state index in [0.717, 1.165) is 5.92 Å². The molecule has 0 aromatic carbocycles. The van der Waals surface area contributed by atoms with Gasteiger partial charge in [0.2, 0.25) is 0 Å². The molecule has 0 atom stereocenters. The van der Waals surface area contributed by atoms with Crippen LogP contribution in [0.3, 0.4) is 0 Å². The van der Waals surface area contributed by atoms with Crippen molar-refractivity contribution in [2.45, 2.75) is 51.9 Å². The van der Waals surface area contributed by atoms with Gasteiger partial charge in [-0.25, -0.2) is 0 Å². The van der Waals surface area contributed by atoms with Crippen LogP contribution in [0.1, 0.15) is 51.9 Å². The second-order valence-corrected chi connectivity index (χ2v) is 3.59. The first-order chi connectivity index (χ1) is 5.43. The van der Waals surface area contributed by atoms with Crippen LogP contribution in [-0.4, -0.2) is 0 Å². The molecule has 0 amide bonds. The Morgan fingerprint density at radius 3 is 2.27 bits per heavy atom. The quantitative estimate of drug-likeness (QED) is 0.415. The van der Waals surface area contributed by atoms with E-state index in [-0.39, 0.29) is 0 Å². The molecule has 0 saturated heterocycles. The third kappa shape index (κ3) is 3.60. The van der Waals surface area contributed by atoms with Crippen LogP contribution >= 0.6 is 0 Å². The number of rotatable bonds is 2. The topological polar surface area (TPSA) is 0 Å². The van der Waals surface area contributed by atoms with E-state index >= 15 is 0 Å². The molecular formula is C11H20. The molecule has 11 heavy (non-hydrogen) atoms. The summed E-state index contributed by atoms with van der Waals surface area (Å²) in [5.41, 5.74) is 0. The maximum Gasteiger partial charge on any atom is -0.0234 e. The van der Waals surface area contributed by atoms with E-state index in [4.69, 9.17) is 0 Å². The van der Waals surface area contributed by atoms with E-state index < -0.39 is 0 Å². The van der Waals surface area contributed by atoms with Gasteiger partial charge in [0.05, 0.1) is 0 Å². The average Bonchev–Trinajstić information content (AvgIpc) is 2.28. The fourth-order valence-electron chi connectivity index (χ4n) is 1.83. The van der Waals surface area contributed by atoms with Crippen molar-refractivity contribution in [1.82, 2.24) is 0 Å². The van der Waals surface area contributed by atoms with E-state index in [1.807, 2.05) is 0 Å². The van der Waals surface area contributed by atoms with Gasteiger partial charge in [0.1, 0.15) is 0 Å². The van der Waals surface area contributed by atoms with Gasteiger partial charge in [-0.1, -0.05) is 44.8 Å². The molecule has 0 unspecified atom stereocenters. The molecule has 64 valence electrons. The Labute approximate surface area is 70.7 Å². The third-order valence-corrected chi connectivity index (χ3v) is 2.54. The van der Waals surface area contributed by atoms with Crippen LogP contribution in [0.4, 0.5) is 0 Å². The highest BCUT2D eigenvalue weighted by molar-refractivity contribution is 4.88. The van der Waals surface area contributed by atoms with Crippen molar-refractivity contribution in [3.8, 4) is 0 Å². The number of hydrogen-bond acceptors (Lipinski definition) is 0. The van der Waals surface area contributed by atoms with Gasteiger partial charge in [0.25, 0.3) is 0 Å². The Hall–Kier alpha value is -0.260. The third-order valence-electron chi connectivity index (χ3n) is 2.54. The summed E-state index contributed by atoms with van der Waals surface area (Å²) in [5.74, 6) is 0.914. The lowest BCUT2D eigenvalue weighted by atomic mass is 10.00. The Bertz CT molecular complexity index is 105. The van der Waals surface area contributed by atoms with Crippen LogP contribution in [0.5, 0.6) is 0 Å². The molecule has 0 bridgehead atoms. The van der Waals surface area contributed by atoms with Crippen molar-refractivity contribution >= 4 is 0 Å².